The van der Waals surface area contributed by atoms with Crippen LogP contribution in [-0.4, -0.2) is 54.6 Å². The molecule has 2 aromatic carbocycles. The summed E-state index contributed by atoms with van der Waals surface area (Å²) in [5, 5.41) is 0. The second-order valence-electron chi connectivity index (χ2n) is 7.02. The molecule has 0 saturated carbocycles. The fourth-order valence-electron chi connectivity index (χ4n) is 4.03. The van der Waals surface area contributed by atoms with Crippen molar-refractivity contribution in [2.75, 3.05) is 42.7 Å². The van der Waals surface area contributed by atoms with E-state index in [4.69, 9.17) is 28.4 Å². The Hall–Kier alpha value is -3.68. The summed E-state index contributed by atoms with van der Waals surface area (Å²) in [4.78, 5) is 25.7. The number of hydrogen-bond donors (Lipinski definition) is 0. The Kier molecular flexibility index (Phi) is 6.92. The maximum atomic E-state index is 13.0. The third-order valence-corrected chi connectivity index (χ3v) is 5.55. The molecule has 0 N–H and O–H groups in total. The molecule has 0 radical (unpaired) electrons. The van der Waals surface area contributed by atoms with Crippen LogP contribution in [0.1, 0.15) is 22.6 Å². The normalized spacial score (nSPS) is 16.9. The number of fused-ring (bicyclic) bond motifs is 1. The lowest BCUT2D eigenvalue weighted by Gasteiger charge is -2.33. The van der Waals surface area contributed by atoms with E-state index in [2.05, 4.69) is 0 Å². The topological polar surface area (TPSA) is 89.5 Å². The zero-order chi connectivity index (χ0) is 23.4. The van der Waals surface area contributed by atoms with Crippen LogP contribution in [0, 0.1) is 5.92 Å². The Bertz CT molecular complexity index is 1060. The van der Waals surface area contributed by atoms with Gasteiger partial charge in [0, 0.05) is 5.92 Å². The van der Waals surface area contributed by atoms with Crippen LogP contribution in [0.3, 0.4) is 0 Å². The fourth-order valence-corrected chi connectivity index (χ4v) is 4.03. The minimum absolute atomic E-state index is 0.179. The van der Waals surface area contributed by atoms with E-state index in [9.17, 15) is 9.59 Å². The molecule has 170 valence electrons. The zero-order valence-corrected chi connectivity index (χ0v) is 18.9. The second kappa shape index (κ2) is 9.64. The SMILES string of the molecule is COC(=O)C1=Cc2cc(OC)c(OC)cc2[C@@H](c2ccc(OC)c(OC)c2)[C@@H]1C(=O)OC. The van der Waals surface area contributed by atoms with E-state index in [1.165, 1.54) is 35.5 Å². The van der Waals surface area contributed by atoms with E-state index in [0.29, 0.717) is 28.6 Å². The van der Waals surface area contributed by atoms with Crippen LogP contribution in [-0.2, 0) is 19.1 Å². The van der Waals surface area contributed by atoms with Crippen LogP contribution in [0.4, 0.5) is 0 Å². The van der Waals surface area contributed by atoms with Crippen molar-refractivity contribution in [3.05, 3.63) is 52.6 Å². The van der Waals surface area contributed by atoms with Gasteiger partial charge in [0.2, 0.25) is 0 Å². The van der Waals surface area contributed by atoms with Gasteiger partial charge in [-0.1, -0.05) is 6.07 Å². The average molecular weight is 442 g/mol. The van der Waals surface area contributed by atoms with Gasteiger partial charge in [0.15, 0.2) is 23.0 Å². The van der Waals surface area contributed by atoms with E-state index in [1.54, 1.807) is 37.5 Å². The number of hydrogen-bond acceptors (Lipinski definition) is 8. The van der Waals surface area contributed by atoms with Crippen LogP contribution in [0.2, 0.25) is 0 Å². The highest BCUT2D eigenvalue weighted by Crippen LogP contribution is 2.48. The third-order valence-electron chi connectivity index (χ3n) is 5.55. The van der Waals surface area contributed by atoms with E-state index < -0.39 is 23.8 Å². The van der Waals surface area contributed by atoms with Crippen molar-refractivity contribution in [1.29, 1.82) is 0 Å². The molecule has 1 aliphatic carbocycles. The highest BCUT2D eigenvalue weighted by atomic mass is 16.5. The maximum Gasteiger partial charge on any atom is 0.334 e. The Morgan fingerprint density at radius 3 is 1.88 bits per heavy atom. The lowest BCUT2D eigenvalue weighted by Crippen LogP contribution is -2.32. The van der Waals surface area contributed by atoms with E-state index in [0.717, 1.165) is 11.1 Å². The standard InChI is InChI=1S/C24H26O8/c1-27-17-8-7-13(10-18(17)28-2)21-15-12-20(30-4)19(29-3)11-14(15)9-16(23(25)31-5)22(21)24(26)32-6/h7-12,21-22H,1-6H3/t21-,22-/m1/s1. The van der Waals surface area contributed by atoms with Gasteiger partial charge in [0.05, 0.1) is 54.1 Å². The molecular formula is C24H26O8. The Morgan fingerprint density at radius 2 is 1.31 bits per heavy atom. The van der Waals surface area contributed by atoms with Gasteiger partial charge < -0.3 is 28.4 Å². The Balaban J connectivity index is 2.34. The Morgan fingerprint density at radius 1 is 0.719 bits per heavy atom. The van der Waals surface area contributed by atoms with Crippen molar-refractivity contribution < 1.29 is 38.0 Å². The number of ether oxygens (including phenoxy) is 6. The highest BCUT2D eigenvalue weighted by molar-refractivity contribution is 6.02. The first-order chi connectivity index (χ1) is 15.4. The molecule has 2 aromatic rings. The van der Waals surface area contributed by atoms with Crippen LogP contribution in [0.15, 0.2) is 35.9 Å². The maximum absolute atomic E-state index is 13.0. The second-order valence-corrected chi connectivity index (χ2v) is 7.02. The number of methoxy groups -OCH3 is 6. The molecule has 8 heteroatoms. The molecule has 8 nitrogen and oxygen atoms in total. The lowest BCUT2D eigenvalue weighted by molar-refractivity contribution is -0.147. The monoisotopic (exact) mass is 442 g/mol. The molecule has 0 saturated heterocycles. The number of benzene rings is 2. The summed E-state index contributed by atoms with van der Waals surface area (Å²) < 4.78 is 31.8. The molecule has 3 rings (SSSR count). The first-order valence-electron chi connectivity index (χ1n) is 9.79. The Labute approximate surface area is 186 Å². The molecule has 0 aromatic heterocycles. The molecular weight excluding hydrogens is 416 g/mol. The summed E-state index contributed by atoms with van der Waals surface area (Å²) in [5.41, 5.74) is 2.36. The molecule has 0 fully saturated rings. The van der Waals surface area contributed by atoms with Crippen LogP contribution >= 0.6 is 0 Å². The summed E-state index contributed by atoms with van der Waals surface area (Å²) in [6.45, 7) is 0. The summed E-state index contributed by atoms with van der Waals surface area (Å²) in [7, 11) is 8.69. The van der Waals surface area contributed by atoms with E-state index in [1.807, 2.05) is 6.07 Å². The summed E-state index contributed by atoms with van der Waals surface area (Å²) >= 11 is 0. The molecule has 2 atom stereocenters. The molecule has 0 heterocycles. The number of carbonyl (C=O) groups is 2. The lowest BCUT2D eigenvalue weighted by atomic mass is 9.71. The number of esters is 2. The third kappa shape index (κ3) is 3.95. The first kappa shape index (κ1) is 23.0. The number of carbonyl (C=O) groups excluding carboxylic acids is 2. The van der Waals surface area contributed by atoms with Gasteiger partial charge in [-0.3, -0.25) is 4.79 Å². The molecule has 0 bridgehead atoms. The van der Waals surface area contributed by atoms with Gasteiger partial charge >= 0.3 is 11.9 Å². The van der Waals surface area contributed by atoms with Gasteiger partial charge in [-0.2, -0.15) is 0 Å². The van der Waals surface area contributed by atoms with E-state index in [-0.39, 0.29) is 5.57 Å². The van der Waals surface area contributed by atoms with Crippen molar-refractivity contribution in [3.8, 4) is 23.0 Å². The smallest absolute Gasteiger partial charge is 0.334 e. The van der Waals surface area contributed by atoms with Gasteiger partial charge in [-0.25, -0.2) is 4.79 Å². The molecule has 32 heavy (non-hydrogen) atoms. The molecule has 1 aliphatic rings. The van der Waals surface area contributed by atoms with Crippen LogP contribution < -0.4 is 18.9 Å². The average Bonchev–Trinajstić information content (AvgIpc) is 2.84. The predicted molar refractivity (Wildman–Crippen MR) is 116 cm³/mol. The summed E-state index contributed by atoms with van der Waals surface area (Å²) in [6.07, 6.45) is 1.63. The van der Waals surface area contributed by atoms with Crippen LogP contribution in [0.25, 0.3) is 6.08 Å². The van der Waals surface area contributed by atoms with Crippen molar-refractivity contribution in [2.24, 2.45) is 5.92 Å². The van der Waals surface area contributed by atoms with Gasteiger partial charge in [-0.05, 0) is 47.0 Å². The molecule has 0 unspecified atom stereocenters. The van der Waals surface area contributed by atoms with Gasteiger partial charge in [-0.15, -0.1) is 0 Å². The quantitative estimate of drug-likeness (QED) is 0.604. The van der Waals surface area contributed by atoms with E-state index >= 15 is 0 Å². The predicted octanol–water partition coefficient (Wildman–Crippen LogP) is 3.21. The minimum atomic E-state index is -0.948. The molecule has 0 aliphatic heterocycles. The summed E-state index contributed by atoms with van der Waals surface area (Å²) in [6, 6.07) is 8.91. The zero-order valence-electron chi connectivity index (χ0n) is 18.9. The van der Waals surface area contributed by atoms with Crippen molar-refractivity contribution >= 4 is 18.0 Å². The largest absolute Gasteiger partial charge is 0.493 e. The van der Waals surface area contributed by atoms with Gasteiger partial charge in [0.25, 0.3) is 0 Å². The number of rotatable bonds is 7. The first-order valence-corrected chi connectivity index (χ1v) is 9.79. The van der Waals surface area contributed by atoms with Gasteiger partial charge in [0.1, 0.15) is 0 Å². The van der Waals surface area contributed by atoms with Crippen molar-refractivity contribution in [3.63, 3.8) is 0 Å². The highest BCUT2D eigenvalue weighted by Gasteiger charge is 2.42. The molecule has 0 spiro atoms. The van der Waals surface area contributed by atoms with Crippen molar-refractivity contribution in [1.82, 2.24) is 0 Å². The van der Waals surface area contributed by atoms with Crippen molar-refractivity contribution in [2.45, 2.75) is 5.92 Å². The minimum Gasteiger partial charge on any atom is -0.493 e. The fraction of sp³-hybridized carbons (Fsp3) is 0.333. The summed E-state index contributed by atoms with van der Waals surface area (Å²) in [5.74, 6) is -0.701. The van der Waals surface area contributed by atoms with Crippen LogP contribution in [0.5, 0.6) is 23.0 Å². The molecule has 0 amide bonds.